The number of rotatable bonds is 32. The Morgan fingerprint density at radius 2 is 0.500 bits per heavy atom. The van der Waals surface area contributed by atoms with Gasteiger partial charge in [-0.1, -0.05) is 194 Å². The third-order valence-corrected chi connectivity index (χ3v) is 7.99. The summed E-state index contributed by atoms with van der Waals surface area (Å²) in [6.07, 6.45) is 40.4. The Hall–Kier alpha value is 0.490. The molecule has 0 atom stereocenters. The van der Waals surface area contributed by atoms with E-state index in [1.54, 1.807) is 0 Å². The molecule has 0 saturated heterocycles. The summed E-state index contributed by atoms with van der Waals surface area (Å²) >= 11 is 0. The van der Waals surface area contributed by atoms with E-state index in [1.807, 2.05) is 0 Å². The molecule has 0 rings (SSSR count). The number of unbranched alkanes of at least 4 members (excludes halogenated alkanes) is 28. The van der Waals surface area contributed by atoms with Crippen molar-refractivity contribution in [3.8, 4) is 0 Å². The predicted octanol–water partition coefficient (Wildman–Crippen LogP) is 12.9. The van der Waals surface area contributed by atoms with Gasteiger partial charge < -0.3 is 13.1 Å². The molecule has 6 heteroatoms. The smallest absolute Gasteiger partial charge is 1.00 e. The maximum Gasteiger partial charge on any atom is 2.00 e. The first-order valence-electron chi connectivity index (χ1n) is 18.0. The van der Waals surface area contributed by atoms with Gasteiger partial charge in [0.25, 0.3) is 0 Å². The zero-order valence-corrected chi connectivity index (χ0v) is 31.5. The molecule has 0 aliphatic heterocycles. The molecule has 0 saturated carbocycles. The van der Waals surface area contributed by atoms with Gasteiger partial charge in [0, 0.05) is 12.8 Å². The topological polar surface area (TPSA) is 74.6 Å². The molecule has 0 amide bonds. The molecule has 0 spiro atoms. The van der Waals surface area contributed by atoms with Crippen molar-refractivity contribution in [1.29, 1.82) is 0 Å². The molecule has 4 nitrogen and oxygen atoms in total. The van der Waals surface area contributed by atoms with E-state index in [4.69, 9.17) is 10.2 Å². The zero-order chi connectivity index (χ0) is 29.8. The Labute approximate surface area is 302 Å². The van der Waals surface area contributed by atoms with Crippen LogP contribution in [0.2, 0.25) is 0 Å². The molecule has 42 heavy (non-hydrogen) atoms. The molecule has 0 aromatic rings. The van der Waals surface area contributed by atoms with Crippen molar-refractivity contribution >= 4 is 62.1 Å². The normalized spacial score (nSPS) is 10.3. The van der Waals surface area contributed by atoms with E-state index in [1.165, 1.54) is 167 Å². The molecule has 0 radical (unpaired) electrons. The Bertz CT molecular complexity index is 473. The van der Waals surface area contributed by atoms with Crippen LogP contribution in [0.1, 0.15) is 222 Å². The SMILES string of the molecule is CCCCCCCCCCCCCCCCCC(=O)O.CCCCCCCCCCCCCCCCCC(=O)O.Cl.[Ca+2].[H-].[H-]. The van der Waals surface area contributed by atoms with Crippen molar-refractivity contribution in [3.63, 3.8) is 0 Å². The second kappa shape index (κ2) is 45.9. The first kappa shape index (κ1) is 49.4. The fourth-order valence-electron chi connectivity index (χ4n) is 5.30. The molecule has 0 aliphatic rings. The summed E-state index contributed by atoms with van der Waals surface area (Å²) in [4.78, 5) is 20.7. The van der Waals surface area contributed by atoms with Crippen LogP contribution in [0, 0.1) is 0 Å². The van der Waals surface area contributed by atoms with Crippen molar-refractivity contribution in [3.05, 3.63) is 0 Å². The number of hydrogen-bond donors (Lipinski definition) is 2. The van der Waals surface area contributed by atoms with E-state index in [0.717, 1.165) is 25.7 Å². The Morgan fingerprint density at radius 1 is 0.357 bits per heavy atom. The van der Waals surface area contributed by atoms with Gasteiger partial charge in [-0.3, -0.25) is 9.59 Å². The van der Waals surface area contributed by atoms with E-state index in [9.17, 15) is 9.59 Å². The van der Waals surface area contributed by atoms with Crippen molar-refractivity contribution in [2.45, 2.75) is 219 Å². The third kappa shape index (κ3) is 53.1. The van der Waals surface area contributed by atoms with Crippen molar-refractivity contribution < 1.29 is 22.7 Å². The summed E-state index contributed by atoms with van der Waals surface area (Å²) in [7, 11) is 0. The second-order valence-electron chi connectivity index (χ2n) is 12.2. The molecule has 0 unspecified atom stereocenters. The van der Waals surface area contributed by atoms with Gasteiger partial charge in [0.2, 0.25) is 0 Å². The molecule has 2 N–H and O–H groups in total. The first-order valence-corrected chi connectivity index (χ1v) is 18.0. The van der Waals surface area contributed by atoms with E-state index in [0.29, 0.717) is 12.8 Å². The average Bonchev–Trinajstić information content (AvgIpc) is 2.93. The van der Waals surface area contributed by atoms with Gasteiger partial charge in [0.1, 0.15) is 0 Å². The number of carboxylic acids is 2. The standard InChI is InChI=1S/2C18H36O2.Ca.ClH.2H/c2*1-2-3-4-5-6-7-8-9-10-11-12-13-14-15-16-17-18(19)20;;;;/h2*2-17H2,1H3,(H,19,20);;1H;;/q;;+2;;2*-1. The van der Waals surface area contributed by atoms with Crippen LogP contribution in [-0.2, 0) is 9.59 Å². The molecule has 0 aromatic heterocycles. The predicted molar refractivity (Wildman–Crippen MR) is 190 cm³/mol. The van der Waals surface area contributed by atoms with Gasteiger partial charge in [-0.15, -0.1) is 12.4 Å². The third-order valence-electron chi connectivity index (χ3n) is 7.99. The van der Waals surface area contributed by atoms with E-state index in [2.05, 4.69) is 13.8 Å². The summed E-state index contributed by atoms with van der Waals surface area (Å²) in [6, 6.07) is 0. The van der Waals surface area contributed by atoms with Gasteiger partial charge in [-0.2, -0.15) is 0 Å². The molecule has 0 bridgehead atoms. The molecule has 0 fully saturated rings. The van der Waals surface area contributed by atoms with Gasteiger partial charge in [-0.25, -0.2) is 0 Å². The molecule has 0 aliphatic carbocycles. The van der Waals surface area contributed by atoms with Crippen molar-refractivity contribution in [2.24, 2.45) is 0 Å². The van der Waals surface area contributed by atoms with E-state index in [-0.39, 0.29) is 53.0 Å². The van der Waals surface area contributed by atoms with Crippen molar-refractivity contribution in [2.75, 3.05) is 0 Å². The van der Waals surface area contributed by atoms with Crippen LogP contribution in [0.5, 0.6) is 0 Å². The minimum Gasteiger partial charge on any atom is -1.00 e. The van der Waals surface area contributed by atoms with Crippen LogP contribution in [0.15, 0.2) is 0 Å². The minimum absolute atomic E-state index is 0. The largest absolute Gasteiger partial charge is 2.00 e. The molecular formula is C36H75CaClO4. The van der Waals surface area contributed by atoms with Crippen LogP contribution in [0.25, 0.3) is 0 Å². The quantitative estimate of drug-likeness (QED) is 0.0563. The maximum atomic E-state index is 10.3. The van der Waals surface area contributed by atoms with Crippen LogP contribution in [0.4, 0.5) is 0 Å². The second-order valence-corrected chi connectivity index (χ2v) is 12.2. The molecule has 0 aromatic carbocycles. The van der Waals surface area contributed by atoms with Gasteiger partial charge in [-0.05, 0) is 12.8 Å². The number of carboxylic acid groups (broad SMARTS) is 2. The van der Waals surface area contributed by atoms with Crippen molar-refractivity contribution in [1.82, 2.24) is 0 Å². The fourth-order valence-corrected chi connectivity index (χ4v) is 5.30. The van der Waals surface area contributed by atoms with Gasteiger partial charge >= 0.3 is 49.7 Å². The van der Waals surface area contributed by atoms with Crippen LogP contribution < -0.4 is 0 Å². The van der Waals surface area contributed by atoms with Crippen LogP contribution in [0.3, 0.4) is 0 Å². The van der Waals surface area contributed by atoms with Crippen LogP contribution >= 0.6 is 12.4 Å². The van der Waals surface area contributed by atoms with Gasteiger partial charge in [0.15, 0.2) is 0 Å². The summed E-state index contributed by atoms with van der Waals surface area (Å²) in [6.45, 7) is 4.54. The summed E-state index contributed by atoms with van der Waals surface area (Å²) in [5.74, 6) is -1.31. The Morgan fingerprint density at radius 3 is 0.643 bits per heavy atom. The zero-order valence-electron chi connectivity index (χ0n) is 30.5. The Kier molecular flexibility index (Phi) is 54.0. The Balaban J connectivity index is -0.000000150. The summed E-state index contributed by atoms with van der Waals surface area (Å²) < 4.78 is 0. The molecule has 0 heterocycles. The number of hydrogen-bond acceptors (Lipinski definition) is 2. The van der Waals surface area contributed by atoms with E-state index >= 15 is 0 Å². The summed E-state index contributed by atoms with van der Waals surface area (Å²) in [5, 5.41) is 17.0. The van der Waals surface area contributed by atoms with Gasteiger partial charge in [0.05, 0.1) is 0 Å². The summed E-state index contributed by atoms with van der Waals surface area (Å²) in [5.41, 5.74) is 0. The average molecular weight is 648 g/mol. The van der Waals surface area contributed by atoms with E-state index < -0.39 is 11.9 Å². The fraction of sp³-hybridized carbons (Fsp3) is 0.944. The van der Waals surface area contributed by atoms with Crippen LogP contribution in [-0.4, -0.2) is 59.9 Å². The maximum absolute atomic E-state index is 10.3. The monoisotopic (exact) mass is 646 g/mol. The number of aliphatic carboxylic acids is 2. The first-order chi connectivity index (χ1) is 19.5. The minimum atomic E-state index is -0.653. The number of halogens is 1. The number of carbonyl (C=O) groups is 2. The molecular weight excluding hydrogens is 572 g/mol. The molecule has 252 valence electrons.